The van der Waals surface area contributed by atoms with Crippen molar-refractivity contribution in [3.8, 4) is 23.3 Å². The van der Waals surface area contributed by atoms with E-state index in [2.05, 4.69) is 21.2 Å². The minimum absolute atomic E-state index is 0.0686. The maximum absolute atomic E-state index is 12.8. The molecule has 8 heteroatoms. The van der Waals surface area contributed by atoms with E-state index in [9.17, 15) is 10.1 Å². The molecular formula is C31H24BrClN2O4. The molecule has 1 N–H and O–H groups in total. The number of anilines is 1. The molecule has 0 bridgehead atoms. The second kappa shape index (κ2) is 13.5. The summed E-state index contributed by atoms with van der Waals surface area (Å²) in [5, 5.41) is 13.0. The van der Waals surface area contributed by atoms with Gasteiger partial charge in [0, 0.05) is 10.7 Å². The van der Waals surface area contributed by atoms with Crippen molar-refractivity contribution in [3.05, 3.63) is 123 Å². The standard InChI is InChI=1S/C31H24BrClN2O4/c1-37-29-17-23(16-28(32)30(29)39-20-22-8-5-9-25(33)15-22)14-24(18-34)31(36)35-26-10-12-27(13-11-26)38-19-21-6-3-2-4-7-21/h2-17H,19-20H2,1H3,(H,35,36)/b24-14+. The van der Waals surface area contributed by atoms with Gasteiger partial charge in [-0.3, -0.25) is 4.79 Å². The first-order valence-electron chi connectivity index (χ1n) is 11.9. The number of rotatable bonds is 10. The van der Waals surface area contributed by atoms with Crippen molar-refractivity contribution in [1.29, 1.82) is 5.26 Å². The molecular weight excluding hydrogens is 580 g/mol. The number of hydrogen-bond acceptors (Lipinski definition) is 5. The largest absolute Gasteiger partial charge is 0.493 e. The maximum Gasteiger partial charge on any atom is 0.266 e. The van der Waals surface area contributed by atoms with E-state index >= 15 is 0 Å². The molecule has 4 aromatic rings. The Bertz CT molecular complexity index is 1520. The van der Waals surface area contributed by atoms with Crippen LogP contribution in [0.3, 0.4) is 0 Å². The molecule has 196 valence electrons. The van der Waals surface area contributed by atoms with Gasteiger partial charge in [0.2, 0.25) is 0 Å². The Morgan fingerprint density at radius 1 is 0.949 bits per heavy atom. The third-order valence-corrected chi connectivity index (χ3v) is 6.38. The van der Waals surface area contributed by atoms with E-state index in [1.54, 1.807) is 42.5 Å². The summed E-state index contributed by atoms with van der Waals surface area (Å²) in [5.74, 6) is 1.07. The molecule has 0 saturated heterocycles. The van der Waals surface area contributed by atoms with Crippen LogP contribution in [-0.4, -0.2) is 13.0 Å². The zero-order valence-corrected chi connectivity index (χ0v) is 23.3. The molecule has 0 aromatic heterocycles. The first-order valence-corrected chi connectivity index (χ1v) is 13.1. The number of nitrogens with one attached hydrogen (secondary N) is 1. The topological polar surface area (TPSA) is 80.6 Å². The van der Waals surface area contributed by atoms with E-state index in [0.717, 1.165) is 11.1 Å². The fraction of sp³-hybridized carbons (Fsp3) is 0.0968. The zero-order chi connectivity index (χ0) is 27.6. The van der Waals surface area contributed by atoms with Gasteiger partial charge in [0.25, 0.3) is 5.91 Å². The van der Waals surface area contributed by atoms with Gasteiger partial charge < -0.3 is 19.5 Å². The molecule has 0 spiro atoms. The van der Waals surface area contributed by atoms with E-state index < -0.39 is 5.91 Å². The predicted molar refractivity (Wildman–Crippen MR) is 156 cm³/mol. The molecule has 1 amide bonds. The highest BCUT2D eigenvalue weighted by molar-refractivity contribution is 9.10. The number of ether oxygens (including phenoxy) is 3. The summed E-state index contributed by atoms with van der Waals surface area (Å²) in [6, 6.07) is 29.6. The van der Waals surface area contributed by atoms with Gasteiger partial charge in [-0.1, -0.05) is 54.1 Å². The smallest absolute Gasteiger partial charge is 0.266 e. The Labute approximate surface area is 240 Å². The van der Waals surface area contributed by atoms with E-state index in [0.29, 0.717) is 44.6 Å². The van der Waals surface area contributed by atoms with Gasteiger partial charge >= 0.3 is 0 Å². The minimum Gasteiger partial charge on any atom is -0.493 e. The van der Waals surface area contributed by atoms with Crippen molar-refractivity contribution in [3.63, 3.8) is 0 Å². The van der Waals surface area contributed by atoms with Crippen LogP contribution in [0.15, 0.2) is 101 Å². The van der Waals surface area contributed by atoms with Gasteiger partial charge in [0.1, 0.15) is 30.6 Å². The van der Waals surface area contributed by atoms with Crippen molar-refractivity contribution in [2.75, 3.05) is 12.4 Å². The van der Waals surface area contributed by atoms with Crippen LogP contribution in [0.25, 0.3) is 6.08 Å². The van der Waals surface area contributed by atoms with Crippen molar-refractivity contribution >= 4 is 45.2 Å². The summed E-state index contributed by atoms with van der Waals surface area (Å²) in [5.41, 5.74) is 3.02. The monoisotopic (exact) mass is 602 g/mol. The average molecular weight is 604 g/mol. The number of nitrogens with zero attached hydrogens (tertiary/aromatic N) is 1. The summed E-state index contributed by atoms with van der Waals surface area (Å²) >= 11 is 9.56. The van der Waals surface area contributed by atoms with Gasteiger partial charge in [-0.25, -0.2) is 0 Å². The molecule has 0 aliphatic carbocycles. The number of methoxy groups -OCH3 is 1. The van der Waals surface area contributed by atoms with Crippen LogP contribution in [0, 0.1) is 11.3 Å². The summed E-state index contributed by atoms with van der Waals surface area (Å²) in [6.07, 6.45) is 1.49. The van der Waals surface area contributed by atoms with Gasteiger partial charge in [0.05, 0.1) is 11.6 Å². The molecule has 0 aliphatic rings. The number of nitriles is 1. The molecule has 4 aromatic carbocycles. The molecule has 39 heavy (non-hydrogen) atoms. The lowest BCUT2D eigenvalue weighted by molar-refractivity contribution is -0.112. The Morgan fingerprint density at radius 3 is 2.36 bits per heavy atom. The van der Waals surface area contributed by atoms with Gasteiger partial charge in [0.15, 0.2) is 11.5 Å². The molecule has 0 heterocycles. The van der Waals surface area contributed by atoms with E-state index in [-0.39, 0.29) is 12.2 Å². The second-order valence-electron chi connectivity index (χ2n) is 8.38. The first-order chi connectivity index (χ1) is 18.9. The Kier molecular flexibility index (Phi) is 9.63. The molecule has 0 fully saturated rings. The van der Waals surface area contributed by atoms with Crippen LogP contribution in [0.4, 0.5) is 5.69 Å². The number of hydrogen-bond donors (Lipinski definition) is 1. The SMILES string of the molecule is COc1cc(/C=C(\C#N)C(=O)Nc2ccc(OCc3ccccc3)cc2)cc(Br)c1OCc1cccc(Cl)c1. The zero-order valence-electron chi connectivity index (χ0n) is 21.0. The highest BCUT2D eigenvalue weighted by Gasteiger charge is 2.15. The fourth-order valence-corrected chi connectivity index (χ4v) is 4.42. The minimum atomic E-state index is -0.535. The highest BCUT2D eigenvalue weighted by Crippen LogP contribution is 2.38. The lowest BCUT2D eigenvalue weighted by atomic mass is 10.1. The lowest BCUT2D eigenvalue weighted by Gasteiger charge is -2.14. The Morgan fingerprint density at radius 2 is 1.67 bits per heavy atom. The van der Waals surface area contributed by atoms with Crippen molar-refractivity contribution in [2.24, 2.45) is 0 Å². The molecule has 0 radical (unpaired) electrons. The molecule has 0 saturated carbocycles. The molecule has 4 rings (SSSR count). The lowest BCUT2D eigenvalue weighted by Crippen LogP contribution is -2.13. The van der Waals surface area contributed by atoms with Crippen LogP contribution in [0.5, 0.6) is 17.2 Å². The summed E-state index contributed by atoms with van der Waals surface area (Å²) in [7, 11) is 1.52. The van der Waals surface area contributed by atoms with Gasteiger partial charge in [-0.15, -0.1) is 0 Å². The van der Waals surface area contributed by atoms with Crippen molar-refractivity contribution < 1.29 is 19.0 Å². The van der Waals surface area contributed by atoms with Gasteiger partial charge in [-0.2, -0.15) is 5.26 Å². The van der Waals surface area contributed by atoms with Gasteiger partial charge in [-0.05, 0) is 87.2 Å². The normalized spacial score (nSPS) is 10.9. The number of amides is 1. The number of carbonyl (C=O) groups is 1. The highest BCUT2D eigenvalue weighted by atomic mass is 79.9. The summed E-state index contributed by atoms with van der Waals surface area (Å²) in [4.78, 5) is 12.8. The summed E-state index contributed by atoms with van der Waals surface area (Å²) in [6.45, 7) is 0.726. The maximum atomic E-state index is 12.8. The van der Waals surface area contributed by atoms with Crippen LogP contribution >= 0.6 is 27.5 Å². The van der Waals surface area contributed by atoms with Crippen LogP contribution in [0.2, 0.25) is 5.02 Å². The molecule has 0 aliphatic heterocycles. The quantitative estimate of drug-likeness (QED) is 0.148. The molecule has 0 atom stereocenters. The van der Waals surface area contributed by atoms with E-state index in [1.807, 2.05) is 54.6 Å². The van der Waals surface area contributed by atoms with E-state index in [4.69, 9.17) is 25.8 Å². The molecule has 0 unspecified atom stereocenters. The predicted octanol–water partition coefficient (Wildman–Crippen LogP) is 7.81. The molecule has 6 nitrogen and oxygen atoms in total. The fourth-order valence-electron chi connectivity index (χ4n) is 3.63. The average Bonchev–Trinajstić information content (AvgIpc) is 2.95. The van der Waals surface area contributed by atoms with Crippen LogP contribution < -0.4 is 19.5 Å². The van der Waals surface area contributed by atoms with E-state index in [1.165, 1.54) is 13.2 Å². The Balaban J connectivity index is 1.42. The Hall–Kier alpha value is -4.25. The van der Waals surface area contributed by atoms with Crippen molar-refractivity contribution in [2.45, 2.75) is 13.2 Å². The number of benzene rings is 4. The number of carbonyl (C=O) groups excluding carboxylic acids is 1. The second-order valence-corrected chi connectivity index (χ2v) is 9.67. The van der Waals surface area contributed by atoms with Crippen molar-refractivity contribution in [1.82, 2.24) is 0 Å². The number of halogens is 2. The third kappa shape index (κ3) is 7.87. The van der Waals surface area contributed by atoms with Crippen LogP contribution in [0.1, 0.15) is 16.7 Å². The van der Waals surface area contributed by atoms with Crippen LogP contribution in [-0.2, 0) is 18.0 Å². The summed E-state index contributed by atoms with van der Waals surface area (Å²) < 4.78 is 17.9. The first kappa shape index (κ1) is 27.8. The third-order valence-electron chi connectivity index (χ3n) is 5.56.